The first kappa shape index (κ1) is 16.2. The summed E-state index contributed by atoms with van der Waals surface area (Å²) in [5.74, 6) is 1.32. The van der Waals surface area contributed by atoms with Crippen molar-refractivity contribution in [2.24, 2.45) is 0 Å². The zero-order chi connectivity index (χ0) is 15.8. The summed E-state index contributed by atoms with van der Waals surface area (Å²) >= 11 is 5.97. The minimum atomic E-state index is -0.0668. The SMILES string of the molecule is COc1ccc(CNC(=O)CCOc2ccccc2Cl)cc1. The van der Waals surface area contributed by atoms with Crippen LogP contribution in [-0.2, 0) is 11.3 Å². The van der Waals surface area contributed by atoms with Crippen molar-refractivity contribution in [1.29, 1.82) is 0 Å². The minimum absolute atomic E-state index is 0.0668. The van der Waals surface area contributed by atoms with Crippen LogP contribution in [0.2, 0.25) is 5.02 Å². The van der Waals surface area contributed by atoms with E-state index in [0.717, 1.165) is 11.3 Å². The molecule has 1 amide bonds. The van der Waals surface area contributed by atoms with Gasteiger partial charge in [0.1, 0.15) is 11.5 Å². The Labute approximate surface area is 135 Å². The third-order valence-electron chi connectivity index (χ3n) is 3.07. The molecule has 2 aromatic rings. The molecule has 0 atom stereocenters. The molecule has 2 rings (SSSR count). The van der Waals surface area contributed by atoms with Crippen molar-refractivity contribution in [2.45, 2.75) is 13.0 Å². The highest BCUT2D eigenvalue weighted by Gasteiger charge is 2.04. The molecule has 0 aliphatic carbocycles. The summed E-state index contributed by atoms with van der Waals surface area (Å²) in [4.78, 5) is 11.8. The second kappa shape index (κ2) is 8.29. The summed E-state index contributed by atoms with van der Waals surface area (Å²) in [5.41, 5.74) is 1.01. The number of para-hydroxylation sites is 1. The maximum atomic E-state index is 11.8. The molecule has 0 aliphatic heterocycles. The number of methoxy groups -OCH3 is 1. The number of carbonyl (C=O) groups excluding carboxylic acids is 1. The van der Waals surface area contributed by atoms with Crippen LogP contribution in [0.4, 0.5) is 0 Å². The van der Waals surface area contributed by atoms with E-state index in [0.29, 0.717) is 17.3 Å². The summed E-state index contributed by atoms with van der Waals surface area (Å²) < 4.78 is 10.6. The fourth-order valence-corrected chi connectivity index (χ4v) is 2.04. The Morgan fingerprint density at radius 1 is 1.14 bits per heavy atom. The van der Waals surface area contributed by atoms with Gasteiger partial charge in [0.2, 0.25) is 5.91 Å². The van der Waals surface area contributed by atoms with Gasteiger partial charge in [-0.25, -0.2) is 0 Å². The predicted molar refractivity (Wildman–Crippen MR) is 86.4 cm³/mol. The van der Waals surface area contributed by atoms with Crippen molar-refractivity contribution < 1.29 is 14.3 Å². The lowest BCUT2D eigenvalue weighted by Crippen LogP contribution is -2.24. The van der Waals surface area contributed by atoms with Gasteiger partial charge in [-0.3, -0.25) is 4.79 Å². The fourth-order valence-electron chi connectivity index (χ4n) is 1.85. The average molecular weight is 320 g/mol. The monoisotopic (exact) mass is 319 g/mol. The van der Waals surface area contributed by atoms with E-state index in [1.165, 1.54) is 0 Å². The third-order valence-corrected chi connectivity index (χ3v) is 3.38. The molecule has 0 aromatic heterocycles. The van der Waals surface area contributed by atoms with E-state index >= 15 is 0 Å². The topological polar surface area (TPSA) is 47.6 Å². The lowest BCUT2D eigenvalue weighted by atomic mass is 10.2. The Hall–Kier alpha value is -2.20. The van der Waals surface area contributed by atoms with Gasteiger partial charge >= 0.3 is 0 Å². The van der Waals surface area contributed by atoms with Crippen molar-refractivity contribution in [3.8, 4) is 11.5 Å². The van der Waals surface area contributed by atoms with Crippen LogP contribution in [0.25, 0.3) is 0 Å². The zero-order valence-electron chi connectivity index (χ0n) is 12.3. The van der Waals surface area contributed by atoms with E-state index in [4.69, 9.17) is 21.1 Å². The molecule has 0 radical (unpaired) electrons. The minimum Gasteiger partial charge on any atom is -0.497 e. The summed E-state index contributed by atoms with van der Waals surface area (Å²) in [6.07, 6.45) is 0.279. The number of rotatable bonds is 7. The van der Waals surface area contributed by atoms with E-state index in [9.17, 15) is 4.79 Å². The number of hydrogen-bond acceptors (Lipinski definition) is 3. The van der Waals surface area contributed by atoms with Gasteiger partial charge in [0.05, 0.1) is 25.2 Å². The van der Waals surface area contributed by atoms with Crippen LogP contribution < -0.4 is 14.8 Å². The molecule has 0 spiro atoms. The Morgan fingerprint density at radius 3 is 2.55 bits per heavy atom. The first-order valence-corrected chi connectivity index (χ1v) is 7.34. The fraction of sp³-hybridized carbons (Fsp3) is 0.235. The van der Waals surface area contributed by atoms with Crippen molar-refractivity contribution in [3.63, 3.8) is 0 Å². The molecule has 0 heterocycles. The van der Waals surface area contributed by atoms with Crippen molar-refractivity contribution in [1.82, 2.24) is 5.32 Å². The zero-order valence-corrected chi connectivity index (χ0v) is 13.1. The Bertz CT molecular complexity index is 614. The highest BCUT2D eigenvalue weighted by Crippen LogP contribution is 2.23. The smallest absolute Gasteiger partial charge is 0.223 e. The second-order valence-electron chi connectivity index (χ2n) is 4.65. The van der Waals surface area contributed by atoms with E-state index in [1.54, 1.807) is 19.2 Å². The Balaban J connectivity index is 1.70. The molecule has 0 unspecified atom stereocenters. The Kier molecular flexibility index (Phi) is 6.10. The molecule has 116 valence electrons. The molecular weight excluding hydrogens is 302 g/mol. The Morgan fingerprint density at radius 2 is 1.86 bits per heavy atom. The normalized spacial score (nSPS) is 10.1. The number of benzene rings is 2. The predicted octanol–water partition coefficient (Wildman–Crippen LogP) is 3.43. The van der Waals surface area contributed by atoms with Crippen molar-refractivity contribution in [2.75, 3.05) is 13.7 Å². The molecule has 0 fully saturated rings. The molecular formula is C17H18ClNO3. The van der Waals surface area contributed by atoms with Gasteiger partial charge in [0.15, 0.2) is 0 Å². The largest absolute Gasteiger partial charge is 0.497 e. The molecule has 1 N–H and O–H groups in total. The highest BCUT2D eigenvalue weighted by molar-refractivity contribution is 6.32. The van der Waals surface area contributed by atoms with E-state index < -0.39 is 0 Å². The summed E-state index contributed by atoms with van der Waals surface area (Å²) in [7, 11) is 1.62. The van der Waals surface area contributed by atoms with E-state index in [2.05, 4.69) is 5.32 Å². The number of hydrogen-bond donors (Lipinski definition) is 1. The molecule has 2 aromatic carbocycles. The molecule has 0 saturated carbocycles. The van der Waals surface area contributed by atoms with Gasteiger partial charge in [-0.05, 0) is 29.8 Å². The van der Waals surface area contributed by atoms with Crippen LogP contribution in [0.1, 0.15) is 12.0 Å². The maximum Gasteiger partial charge on any atom is 0.223 e. The summed E-state index contributed by atoms with van der Waals surface area (Å²) in [6.45, 7) is 0.771. The van der Waals surface area contributed by atoms with E-state index in [-0.39, 0.29) is 18.9 Å². The molecule has 0 saturated heterocycles. The van der Waals surface area contributed by atoms with Gasteiger partial charge in [-0.15, -0.1) is 0 Å². The first-order valence-electron chi connectivity index (χ1n) is 6.96. The lowest BCUT2D eigenvalue weighted by Gasteiger charge is -2.09. The van der Waals surface area contributed by atoms with Crippen LogP contribution in [0.5, 0.6) is 11.5 Å². The maximum absolute atomic E-state index is 11.8. The first-order chi connectivity index (χ1) is 10.7. The van der Waals surface area contributed by atoms with Crippen LogP contribution in [0.15, 0.2) is 48.5 Å². The number of ether oxygens (including phenoxy) is 2. The number of nitrogens with one attached hydrogen (secondary N) is 1. The molecule has 0 bridgehead atoms. The van der Waals surface area contributed by atoms with Gasteiger partial charge in [-0.1, -0.05) is 35.9 Å². The van der Waals surface area contributed by atoms with Gasteiger partial charge in [0.25, 0.3) is 0 Å². The van der Waals surface area contributed by atoms with Crippen molar-refractivity contribution in [3.05, 3.63) is 59.1 Å². The van der Waals surface area contributed by atoms with Crippen LogP contribution in [0.3, 0.4) is 0 Å². The molecule has 4 nitrogen and oxygen atoms in total. The number of carbonyl (C=O) groups is 1. The van der Waals surface area contributed by atoms with E-state index in [1.807, 2.05) is 36.4 Å². The second-order valence-corrected chi connectivity index (χ2v) is 5.06. The molecule has 0 aliphatic rings. The number of amides is 1. The molecule has 5 heteroatoms. The van der Waals surface area contributed by atoms with Gasteiger partial charge < -0.3 is 14.8 Å². The standard InChI is InChI=1S/C17H18ClNO3/c1-21-14-8-6-13(7-9-14)12-19-17(20)10-11-22-16-5-3-2-4-15(16)18/h2-9H,10-12H2,1H3,(H,19,20). The van der Waals surface area contributed by atoms with Crippen LogP contribution in [-0.4, -0.2) is 19.6 Å². The lowest BCUT2D eigenvalue weighted by molar-refractivity contribution is -0.121. The van der Waals surface area contributed by atoms with Crippen LogP contribution in [0, 0.1) is 0 Å². The summed E-state index contributed by atoms with van der Waals surface area (Å²) in [6, 6.07) is 14.8. The van der Waals surface area contributed by atoms with Crippen molar-refractivity contribution >= 4 is 17.5 Å². The van der Waals surface area contributed by atoms with Gasteiger partial charge in [0, 0.05) is 6.54 Å². The number of halogens is 1. The van der Waals surface area contributed by atoms with Gasteiger partial charge in [-0.2, -0.15) is 0 Å². The molecule has 22 heavy (non-hydrogen) atoms. The average Bonchev–Trinajstić information content (AvgIpc) is 2.55. The quantitative estimate of drug-likeness (QED) is 0.850. The van der Waals surface area contributed by atoms with Crippen LogP contribution >= 0.6 is 11.6 Å². The third kappa shape index (κ3) is 4.97. The summed E-state index contributed by atoms with van der Waals surface area (Å²) in [5, 5.41) is 3.39. The highest BCUT2D eigenvalue weighted by atomic mass is 35.5.